The van der Waals surface area contributed by atoms with Gasteiger partial charge in [0.25, 0.3) is 0 Å². The zero-order valence-corrected chi connectivity index (χ0v) is 11.2. The standard InChI is InChI=1S/C14H20FNS/c1-17-14(8-4-5-9-14)11-16-10-12-6-2-3-7-13(12)15/h2-3,6-7,16H,4-5,8-11H2,1H3. The Hall–Kier alpha value is -0.540. The Morgan fingerprint density at radius 3 is 2.65 bits per heavy atom. The van der Waals surface area contributed by atoms with E-state index in [-0.39, 0.29) is 5.82 Å². The van der Waals surface area contributed by atoms with Crippen molar-refractivity contribution >= 4 is 11.8 Å². The quantitative estimate of drug-likeness (QED) is 0.860. The lowest BCUT2D eigenvalue weighted by Crippen LogP contribution is -2.34. The Morgan fingerprint density at radius 2 is 2.00 bits per heavy atom. The van der Waals surface area contributed by atoms with Crippen LogP contribution in [0, 0.1) is 5.82 Å². The van der Waals surface area contributed by atoms with E-state index in [0.717, 1.165) is 12.1 Å². The molecule has 0 aromatic heterocycles. The van der Waals surface area contributed by atoms with Crippen LogP contribution >= 0.6 is 11.8 Å². The molecule has 0 atom stereocenters. The molecule has 0 bridgehead atoms. The molecule has 3 heteroatoms. The number of hydrogen-bond donors (Lipinski definition) is 1. The fourth-order valence-corrected chi connectivity index (χ4v) is 3.48. The van der Waals surface area contributed by atoms with Gasteiger partial charge in [-0.2, -0.15) is 11.8 Å². The molecule has 1 N–H and O–H groups in total. The summed E-state index contributed by atoms with van der Waals surface area (Å²) in [6, 6.07) is 7.00. The topological polar surface area (TPSA) is 12.0 Å². The van der Waals surface area contributed by atoms with Gasteiger partial charge in [0, 0.05) is 23.4 Å². The smallest absolute Gasteiger partial charge is 0.127 e. The van der Waals surface area contributed by atoms with E-state index in [0.29, 0.717) is 11.3 Å². The third-order valence-corrected chi connectivity index (χ3v) is 5.09. The van der Waals surface area contributed by atoms with Gasteiger partial charge in [-0.15, -0.1) is 0 Å². The number of nitrogens with one attached hydrogen (secondary N) is 1. The van der Waals surface area contributed by atoms with Gasteiger partial charge in [-0.25, -0.2) is 4.39 Å². The van der Waals surface area contributed by atoms with Crippen molar-refractivity contribution in [3.05, 3.63) is 35.6 Å². The highest BCUT2D eigenvalue weighted by Crippen LogP contribution is 2.39. The molecular weight excluding hydrogens is 233 g/mol. The molecule has 94 valence electrons. The molecule has 0 spiro atoms. The summed E-state index contributed by atoms with van der Waals surface area (Å²) in [6.07, 6.45) is 7.44. The summed E-state index contributed by atoms with van der Waals surface area (Å²) >= 11 is 1.96. The summed E-state index contributed by atoms with van der Waals surface area (Å²) in [6.45, 7) is 1.62. The molecule has 0 radical (unpaired) electrons. The zero-order chi connectivity index (χ0) is 12.1. The number of benzene rings is 1. The first-order chi connectivity index (χ1) is 8.26. The van der Waals surface area contributed by atoms with Gasteiger partial charge in [0.1, 0.15) is 5.82 Å². The SMILES string of the molecule is CSC1(CNCc2ccccc2F)CCCC1. The minimum absolute atomic E-state index is 0.107. The number of thioether (sulfide) groups is 1. The first-order valence-corrected chi connectivity index (χ1v) is 7.47. The second-order valence-electron chi connectivity index (χ2n) is 4.79. The Balaban J connectivity index is 1.85. The predicted molar refractivity (Wildman–Crippen MR) is 72.8 cm³/mol. The average Bonchev–Trinajstić information content (AvgIpc) is 2.81. The lowest BCUT2D eigenvalue weighted by atomic mass is 10.1. The van der Waals surface area contributed by atoms with Crippen LogP contribution in [0.3, 0.4) is 0 Å². The van der Waals surface area contributed by atoms with Crippen LogP contribution in [0.5, 0.6) is 0 Å². The first-order valence-electron chi connectivity index (χ1n) is 6.25. The summed E-state index contributed by atoms with van der Waals surface area (Å²) in [5.41, 5.74) is 0.766. The number of halogens is 1. The molecular formula is C14H20FNS. The Labute approximate surface area is 107 Å². The average molecular weight is 253 g/mol. The summed E-state index contributed by atoms with van der Waals surface area (Å²) < 4.78 is 13.8. The van der Waals surface area contributed by atoms with Gasteiger partial charge >= 0.3 is 0 Å². The molecule has 1 nitrogen and oxygen atoms in total. The number of rotatable bonds is 5. The molecule has 1 fully saturated rings. The van der Waals surface area contributed by atoms with Crippen molar-refractivity contribution in [2.75, 3.05) is 12.8 Å². The van der Waals surface area contributed by atoms with Crippen molar-refractivity contribution in [3.8, 4) is 0 Å². The zero-order valence-electron chi connectivity index (χ0n) is 10.3. The van der Waals surface area contributed by atoms with Crippen molar-refractivity contribution in [2.45, 2.75) is 37.0 Å². The maximum atomic E-state index is 13.4. The second-order valence-corrected chi connectivity index (χ2v) is 6.06. The predicted octanol–water partition coefficient (Wildman–Crippen LogP) is 3.59. The highest BCUT2D eigenvalue weighted by atomic mass is 32.2. The minimum Gasteiger partial charge on any atom is -0.311 e. The third kappa shape index (κ3) is 3.23. The molecule has 0 saturated heterocycles. The largest absolute Gasteiger partial charge is 0.311 e. The van der Waals surface area contributed by atoms with Crippen LogP contribution in [0.1, 0.15) is 31.2 Å². The van der Waals surface area contributed by atoms with Crippen LogP contribution < -0.4 is 5.32 Å². The van der Waals surface area contributed by atoms with Crippen LogP contribution in [0.2, 0.25) is 0 Å². The lowest BCUT2D eigenvalue weighted by Gasteiger charge is -2.27. The van der Waals surface area contributed by atoms with Gasteiger partial charge in [0.15, 0.2) is 0 Å². The highest BCUT2D eigenvalue weighted by molar-refractivity contribution is 8.00. The Bertz CT molecular complexity index is 361. The van der Waals surface area contributed by atoms with Crippen LogP contribution in [-0.4, -0.2) is 17.5 Å². The molecule has 2 rings (SSSR count). The van der Waals surface area contributed by atoms with E-state index in [1.54, 1.807) is 6.07 Å². The Morgan fingerprint density at radius 1 is 1.29 bits per heavy atom. The van der Waals surface area contributed by atoms with Crippen molar-refractivity contribution in [1.82, 2.24) is 5.32 Å². The summed E-state index contributed by atoms with van der Waals surface area (Å²) in [7, 11) is 0. The highest BCUT2D eigenvalue weighted by Gasteiger charge is 2.32. The molecule has 1 aromatic rings. The van der Waals surface area contributed by atoms with Gasteiger partial charge in [-0.1, -0.05) is 31.0 Å². The second kappa shape index (κ2) is 5.87. The molecule has 1 aromatic carbocycles. The Kier molecular flexibility index (Phi) is 4.46. The molecule has 1 saturated carbocycles. The van der Waals surface area contributed by atoms with Crippen molar-refractivity contribution in [3.63, 3.8) is 0 Å². The van der Waals surface area contributed by atoms with Crippen molar-refractivity contribution < 1.29 is 4.39 Å². The van der Waals surface area contributed by atoms with Crippen LogP contribution in [0.25, 0.3) is 0 Å². The normalized spacial score (nSPS) is 18.5. The summed E-state index contributed by atoms with van der Waals surface area (Å²) in [5.74, 6) is -0.107. The van der Waals surface area contributed by atoms with E-state index in [9.17, 15) is 4.39 Å². The third-order valence-electron chi connectivity index (χ3n) is 3.67. The van der Waals surface area contributed by atoms with Crippen LogP contribution in [-0.2, 0) is 6.54 Å². The van der Waals surface area contributed by atoms with E-state index >= 15 is 0 Å². The molecule has 0 amide bonds. The lowest BCUT2D eigenvalue weighted by molar-refractivity contribution is 0.521. The number of hydrogen-bond acceptors (Lipinski definition) is 2. The minimum atomic E-state index is -0.107. The molecule has 0 aliphatic heterocycles. The summed E-state index contributed by atoms with van der Waals surface area (Å²) in [4.78, 5) is 0. The van der Waals surface area contributed by atoms with E-state index in [2.05, 4.69) is 11.6 Å². The monoisotopic (exact) mass is 253 g/mol. The van der Waals surface area contributed by atoms with E-state index in [1.165, 1.54) is 31.7 Å². The van der Waals surface area contributed by atoms with Crippen LogP contribution in [0.4, 0.5) is 4.39 Å². The van der Waals surface area contributed by atoms with Gasteiger partial charge < -0.3 is 5.32 Å². The molecule has 0 unspecified atom stereocenters. The fraction of sp³-hybridized carbons (Fsp3) is 0.571. The molecule has 1 aliphatic carbocycles. The maximum absolute atomic E-state index is 13.4. The fourth-order valence-electron chi connectivity index (χ4n) is 2.54. The van der Waals surface area contributed by atoms with Gasteiger partial charge in [-0.3, -0.25) is 0 Å². The van der Waals surface area contributed by atoms with Gasteiger partial charge in [0.2, 0.25) is 0 Å². The summed E-state index contributed by atoms with van der Waals surface area (Å²) in [5, 5.41) is 3.42. The van der Waals surface area contributed by atoms with Crippen LogP contribution in [0.15, 0.2) is 24.3 Å². The van der Waals surface area contributed by atoms with Gasteiger partial charge in [-0.05, 0) is 25.2 Å². The first kappa shape index (κ1) is 12.9. The van der Waals surface area contributed by atoms with E-state index < -0.39 is 0 Å². The van der Waals surface area contributed by atoms with E-state index in [4.69, 9.17) is 0 Å². The van der Waals surface area contributed by atoms with E-state index in [1.807, 2.05) is 23.9 Å². The van der Waals surface area contributed by atoms with Crippen molar-refractivity contribution in [2.24, 2.45) is 0 Å². The molecule has 17 heavy (non-hydrogen) atoms. The van der Waals surface area contributed by atoms with Crippen molar-refractivity contribution in [1.29, 1.82) is 0 Å². The maximum Gasteiger partial charge on any atom is 0.127 e. The molecule has 0 heterocycles. The van der Waals surface area contributed by atoms with Gasteiger partial charge in [0.05, 0.1) is 0 Å². The molecule has 1 aliphatic rings.